The average Bonchev–Trinajstić information content (AvgIpc) is 3.29. The van der Waals surface area contributed by atoms with Crippen molar-refractivity contribution in [3.8, 4) is 0 Å². The van der Waals surface area contributed by atoms with Crippen molar-refractivity contribution in [2.75, 3.05) is 43.2 Å². The van der Waals surface area contributed by atoms with Crippen LogP contribution < -0.4 is 70.8 Å². The highest BCUT2D eigenvalue weighted by molar-refractivity contribution is 7.98. The number of aliphatic hydroxyl groups is 1. The summed E-state index contributed by atoms with van der Waals surface area (Å²) in [4.78, 5) is 132. The van der Waals surface area contributed by atoms with Crippen LogP contribution in [0.1, 0.15) is 79.6 Å². The molecule has 392 valence electrons. The second-order valence-electron chi connectivity index (χ2n) is 16.9. The number of hydrogen-bond acceptors (Lipinski definition) is 15. The Morgan fingerprint density at radius 2 is 0.942 bits per heavy atom. The Hall–Kier alpha value is -5.22. The second-order valence-corrected chi connectivity index (χ2v) is 18.6. The van der Waals surface area contributed by atoms with Crippen molar-refractivity contribution >= 4 is 102 Å². The van der Waals surface area contributed by atoms with E-state index in [4.69, 9.17) is 22.9 Å². The number of nitrogens with two attached hydrogens (primary N) is 4. The molecule has 1 aliphatic heterocycles. The van der Waals surface area contributed by atoms with Gasteiger partial charge in [-0.25, -0.2) is 0 Å². The number of hydrogen-bond donors (Lipinski definition) is 16. The lowest BCUT2D eigenvalue weighted by atomic mass is 9.96. The first-order valence-corrected chi connectivity index (χ1v) is 25.3. The smallest absolute Gasteiger partial charge is 0.245 e. The fourth-order valence-electron chi connectivity index (χ4n) is 6.59. The van der Waals surface area contributed by atoms with Gasteiger partial charge < -0.3 is 75.9 Å². The van der Waals surface area contributed by atoms with Gasteiger partial charge >= 0.3 is 0 Å². The van der Waals surface area contributed by atoms with Gasteiger partial charge in [0.1, 0.15) is 54.4 Å². The summed E-state index contributed by atoms with van der Waals surface area (Å²) >= 11 is 9.79. The molecule has 1 rings (SSSR count). The van der Waals surface area contributed by atoms with Crippen LogP contribution in [0.2, 0.25) is 0 Å². The number of carbonyl (C=O) groups excluding carboxylic acids is 9. The zero-order valence-electron chi connectivity index (χ0n) is 40.2. The lowest BCUT2D eigenvalue weighted by Gasteiger charge is -2.30. The molecule has 1 aliphatic rings. The molecular weight excluding hydrogens is 959 g/mol. The Morgan fingerprint density at radius 3 is 1.36 bits per heavy atom. The SMILES string of the molecule is CC[C@H](C)[C@@H]1NC(=O)[C@H](CS)NC(=O)[C@H](CS)NC(=O)[C@H](C)NC(=O)[C@H](CO)NC(=O)[C@H](CCCN=C(N)N)NC(=O)[C@H](CCSC)NC(=O)[C@H](CCCN=C(N)N)NC(=O)[C@H](CC(C)C)NC1=O. The normalized spacial score (nSPS) is 26.0. The molecule has 9 amide bonds. The summed E-state index contributed by atoms with van der Waals surface area (Å²) in [6, 6.07) is -12.2. The van der Waals surface area contributed by atoms with Crippen LogP contribution in [0.5, 0.6) is 0 Å². The molecule has 0 aromatic heterocycles. The monoisotopic (exact) mass is 1030 g/mol. The molecule has 1 fully saturated rings. The number of carbonyl (C=O) groups is 9. The minimum Gasteiger partial charge on any atom is -0.394 e. The Labute approximate surface area is 418 Å². The van der Waals surface area contributed by atoms with Crippen LogP contribution in [0.4, 0.5) is 0 Å². The number of aliphatic imine (C=N–C) groups is 2. The fraction of sp³-hybridized carbons (Fsp3) is 0.732. The lowest BCUT2D eigenvalue weighted by molar-refractivity contribution is -0.136. The zero-order chi connectivity index (χ0) is 52.4. The quantitative estimate of drug-likeness (QED) is 0.0265. The third-order valence-electron chi connectivity index (χ3n) is 10.7. The molecule has 18 N–H and O–H groups in total. The first-order valence-electron chi connectivity index (χ1n) is 22.7. The van der Waals surface area contributed by atoms with Crippen LogP contribution in [0.15, 0.2) is 9.98 Å². The number of amides is 9. The standard InChI is InChI=1S/C41H75N15O10S3/c1-7-21(4)30-39(66)52-26(16-20(2)3)35(62)50-23(10-8-13-46-40(42)43)32(59)51-25(12-15-69-6)34(61)49-24(11-9-14-47-41(44)45)33(60)53-27(17-57)36(63)48-22(5)31(58)54-28(18-67)37(64)55-29(19-68)38(65)56-30/h20-30,57,67-68H,7-19H2,1-6H3,(H,48,63)(H,49,61)(H,50,62)(H,51,59)(H,52,66)(H,53,60)(H,54,58)(H,55,64)(H,56,65)(H4,42,43,46)(H4,44,45,47)/t21-,22-,23-,24-,25-,26-,27-,28-,29-,30-/m0/s1. The highest BCUT2D eigenvalue weighted by Crippen LogP contribution is 2.13. The first-order chi connectivity index (χ1) is 32.5. The molecule has 0 unspecified atom stereocenters. The average molecular weight is 1030 g/mol. The maximum absolute atomic E-state index is 14.2. The molecule has 69 heavy (non-hydrogen) atoms. The number of guanidine groups is 2. The van der Waals surface area contributed by atoms with Gasteiger partial charge in [0.15, 0.2) is 11.9 Å². The predicted molar refractivity (Wildman–Crippen MR) is 270 cm³/mol. The molecular formula is C41H75N15O10S3. The van der Waals surface area contributed by atoms with Crippen molar-refractivity contribution in [2.24, 2.45) is 44.8 Å². The van der Waals surface area contributed by atoms with Crippen LogP contribution in [0.3, 0.4) is 0 Å². The highest BCUT2D eigenvalue weighted by atomic mass is 32.2. The van der Waals surface area contributed by atoms with E-state index in [0.29, 0.717) is 12.2 Å². The van der Waals surface area contributed by atoms with Crippen molar-refractivity contribution in [3.05, 3.63) is 0 Å². The molecule has 25 nitrogen and oxygen atoms in total. The second kappa shape index (κ2) is 32.6. The number of aliphatic hydroxyl groups excluding tert-OH is 1. The van der Waals surface area contributed by atoms with Crippen molar-refractivity contribution in [1.82, 2.24) is 47.9 Å². The van der Waals surface area contributed by atoms with Gasteiger partial charge in [-0.1, -0.05) is 34.1 Å². The fourth-order valence-corrected chi connectivity index (χ4v) is 7.58. The van der Waals surface area contributed by atoms with Crippen LogP contribution in [0, 0.1) is 11.8 Å². The van der Waals surface area contributed by atoms with Crippen molar-refractivity contribution in [3.63, 3.8) is 0 Å². The van der Waals surface area contributed by atoms with Gasteiger partial charge in [-0.2, -0.15) is 37.0 Å². The van der Waals surface area contributed by atoms with Gasteiger partial charge in [-0.15, -0.1) is 0 Å². The van der Waals surface area contributed by atoms with Gasteiger partial charge in [0.25, 0.3) is 0 Å². The molecule has 0 aliphatic carbocycles. The maximum Gasteiger partial charge on any atom is 0.245 e. The van der Waals surface area contributed by atoms with E-state index in [1.165, 1.54) is 18.7 Å². The Kier molecular flexibility index (Phi) is 29.2. The summed E-state index contributed by atoms with van der Waals surface area (Å²) < 4.78 is 0. The Balaban J connectivity index is 3.95. The topological polar surface area (TPSA) is 411 Å². The summed E-state index contributed by atoms with van der Waals surface area (Å²) in [5.74, 6) is -8.86. The molecule has 0 radical (unpaired) electrons. The zero-order valence-corrected chi connectivity index (χ0v) is 42.8. The number of rotatable bonds is 18. The van der Waals surface area contributed by atoms with Gasteiger partial charge in [0.2, 0.25) is 53.2 Å². The van der Waals surface area contributed by atoms with Crippen LogP contribution in [-0.4, -0.2) is 168 Å². The van der Waals surface area contributed by atoms with Crippen LogP contribution >= 0.6 is 37.0 Å². The van der Waals surface area contributed by atoms with E-state index in [1.807, 2.05) is 13.8 Å². The first kappa shape index (κ1) is 61.8. The van der Waals surface area contributed by atoms with E-state index < -0.39 is 120 Å². The van der Waals surface area contributed by atoms with E-state index in [0.717, 1.165) is 0 Å². The molecule has 28 heteroatoms. The molecule has 0 saturated carbocycles. The molecule has 10 atom stereocenters. The van der Waals surface area contributed by atoms with Gasteiger partial charge in [-0.05, 0) is 69.3 Å². The van der Waals surface area contributed by atoms with Gasteiger partial charge in [0.05, 0.1) is 6.61 Å². The van der Waals surface area contributed by atoms with E-state index in [1.54, 1.807) is 20.1 Å². The van der Waals surface area contributed by atoms with E-state index in [2.05, 4.69) is 83.1 Å². The maximum atomic E-state index is 14.2. The largest absolute Gasteiger partial charge is 0.394 e. The predicted octanol–water partition coefficient (Wildman–Crippen LogP) is -4.81. The van der Waals surface area contributed by atoms with E-state index in [9.17, 15) is 48.3 Å². The number of nitrogens with zero attached hydrogens (tertiary/aromatic N) is 2. The van der Waals surface area contributed by atoms with Crippen LogP contribution in [-0.2, 0) is 43.2 Å². The summed E-state index contributed by atoms with van der Waals surface area (Å²) in [6.45, 7) is 7.54. The lowest BCUT2D eigenvalue weighted by Crippen LogP contribution is -2.61. The summed E-state index contributed by atoms with van der Waals surface area (Å²) in [6.07, 6.45) is 2.50. The third-order valence-corrected chi connectivity index (χ3v) is 12.1. The van der Waals surface area contributed by atoms with Crippen LogP contribution in [0.25, 0.3) is 0 Å². The highest BCUT2D eigenvalue weighted by Gasteiger charge is 2.36. The summed E-state index contributed by atoms with van der Waals surface area (Å²) in [5, 5.41) is 33.3. The molecule has 0 spiro atoms. The Morgan fingerprint density at radius 1 is 0.565 bits per heavy atom. The number of nitrogens with one attached hydrogen (secondary N) is 9. The molecule has 0 aromatic rings. The Bertz CT molecular complexity index is 1810. The summed E-state index contributed by atoms with van der Waals surface area (Å²) in [5.41, 5.74) is 22.0. The number of thiol groups is 2. The molecule has 1 heterocycles. The molecule has 1 saturated heterocycles. The van der Waals surface area contributed by atoms with Gasteiger partial charge in [0, 0.05) is 24.6 Å². The van der Waals surface area contributed by atoms with E-state index >= 15 is 0 Å². The summed E-state index contributed by atoms with van der Waals surface area (Å²) in [7, 11) is 0. The molecule has 0 bridgehead atoms. The van der Waals surface area contributed by atoms with Crippen molar-refractivity contribution < 1.29 is 48.3 Å². The van der Waals surface area contributed by atoms with Crippen molar-refractivity contribution in [2.45, 2.75) is 134 Å². The van der Waals surface area contributed by atoms with E-state index in [-0.39, 0.29) is 81.0 Å². The van der Waals surface area contributed by atoms with Crippen molar-refractivity contribution in [1.29, 1.82) is 0 Å². The minimum atomic E-state index is -1.65. The molecule has 0 aromatic carbocycles. The number of thioether (sulfide) groups is 1. The minimum absolute atomic E-state index is 0.0375. The van der Waals surface area contributed by atoms with Gasteiger partial charge in [-0.3, -0.25) is 53.1 Å². The third kappa shape index (κ3) is 22.8.